The van der Waals surface area contributed by atoms with Crippen molar-refractivity contribution in [1.82, 2.24) is 4.90 Å². The van der Waals surface area contributed by atoms with Crippen molar-refractivity contribution >= 4 is 5.91 Å². The summed E-state index contributed by atoms with van der Waals surface area (Å²) >= 11 is 0. The summed E-state index contributed by atoms with van der Waals surface area (Å²) in [5.74, 6) is 0.857. The molecule has 1 amide bonds. The standard InChI is InChI=1S/C13H26N2O2/c1-3-17-10-4-5-13(16)15-8-6-12(7-9-15)11(2)14/h11-12H,3-10,14H2,1-2H3. The van der Waals surface area contributed by atoms with Crippen molar-refractivity contribution in [3.05, 3.63) is 0 Å². The average Bonchev–Trinajstić information content (AvgIpc) is 2.34. The lowest BCUT2D eigenvalue weighted by molar-refractivity contribution is -0.133. The third-order valence-electron chi connectivity index (χ3n) is 3.52. The van der Waals surface area contributed by atoms with Crippen LogP contribution in [0.25, 0.3) is 0 Å². The summed E-state index contributed by atoms with van der Waals surface area (Å²) in [4.78, 5) is 13.9. The van der Waals surface area contributed by atoms with E-state index in [1.165, 1.54) is 0 Å². The molecule has 0 aromatic carbocycles. The van der Waals surface area contributed by atoms with Gasteiger partial charge in [-0.25, -0.2) is 0 Å². The highest BCUT2D eigenvalue weighted by Gasteiger charge is 2.24. The number of hydrogen-bond donors (Lipinski definition) is 1. The number of rotatable bonds is 6. The molecule has 4 nitrogen and oxygen atoms in total. The Bertz CT molecular complexity index is 223. The van der Waals surface area contributed by atoms with Gasteiger partial charge in [0.05, 0.1) is 0 Å². The van der Waals surface area contributed by atoms with Gasteiger partial charge in [0.25, 0.3) is 0 Å². The van der Waals surface area contributed by atoms with E-state index < -0.39 is 0 Å². The first-order chi connectivity index (χ1) is 8.15. The number of nitrogens with zero attached hydrogens (tertiary/aromatic N) is 1. The smallest absolute Gasteiger partial charge is 0.222 e. The first-order valence-corrected chi connectivity index (χ1v) is 6.76. The highest BCUT2D eigenvalue weighted by atomic mass is 16.5. The molecule has 17 heavy (non-hydrogen) atoms. The number of carbonyl (C=O) groups is 1. The van der Waals surface area contributed by atoms with Crippen LogP contribution < -0.4 is 5.73 Å². The molecule has 100 valence electrons. The van der Waals surface area contributed by atoms with Crippen LogP contribution >= 0.6 is 0 Å². The van der Waals surface area contributed by atoms with E-state index >= 15 is 0 Å². The van der Waals surface area contributed by atoms with Crippen molar-refractivity contribution < 1.29 is 9.53 Å². The van der Waals surface area contributed by atoms with E-state index in [0.29, 0.717) is 18.9 Å². The van der Waals surface area contributed by atoms with E-state index in [4.69, 9.17) is 10.5 Å². The summed E-state index contributed by atoms with van der Waals surface area (Å²) < 4.78 is 5.23. The van der Waals surface area contributed by atoms with Gasteiger partial charge in [0, 0.05) is 38.8 Å². The second kappa shape index (κ2) is 7.67. The van der Waals surface area contributed by atoms with Crippen LogP contribution in [0.15, 0.2) is 0 Å². The van der Waals surface area contributed by atoms with Gasteiger partial charge in [-0.1, -0.05) is 0 Å². The Morgan fingerprint density at radius 3 is 2.65 bits per heavy atom. The molecule has 1 heterocycles. The van der Waals surface area contributed by atoms with Crippen LogP contribution in [0.3, 0.4) is 0 Å². The van der Waals surface area contributed by atoms with E-state index in [2.05, 4.69) is 6.92 Å². The minimum atomic E-state index is 0.255. The SMILES string of the molecule is CCOCCCC(=O)N1CCC(C(C)N)CC1. The van der Waals surface area contributed by atoms with Crippen molar-refractivity contribution in [3.8, 4) is 0 Å². The van der Waals surface area contributed by atoms with Gasteiger partial charge < -0.3 is 15.4 Å². The summed E-state index contributed by atoms with van der Waals surface area (Å²) in [5, 5.41) is 0. The number of carbonyl (C=O) groups excluding carboxylic acids is 1. The maximum atomic E-state index is 11.9. The molecule has 1 unspecified atom stereocenters. The predicted octanol–water partition coefficient (Wildman–Crippen LogP) is 1.39. The number of nitrogens with two attached hydrogens (primary N) is 1. The highest BCUT2D eigenvalue weighted by molar-refractivity contribution is 5.76. The maximum absolute atomic E-state index is 11.9. The third-order valence-corrected chi connectivity index (χ3v) is 3.52. The van der Waals surface area contributed by atoms with Crippen LogP contribution in [0, 0.1) is 5.92 Å². The van der Waals surface area contributed by atoms with E-state index in [0.717, 1.165) is 39.0 Å². The molecular weight excluding hydrogens is 216 g/mol. The molecule has 0 aromatic rings. The Kier molecular flexibility index (Phi) is 6.52. The minimum absolute atomic E-state index is 0.255. The Morgan fingerprint density at radius 2 is 2.12 bits per heavy atom. The summed E-state index contributed by atoms with van der Waals surface area (Å²) in [6.45, 7) is 7.21. The number of hydrogen-bond acceptors (Lipinski definition) is 3. The number of amides is 1. The molecule has 4 heteroatoms. The van der Waals surface area contributed by atoms with Crippen LogP contribution in [0.4, 0.5) is 0 Å². The van der Waals surface area contributed by atoms with Gasteiger partial charge in [0.1, 0.15) is 0 Å². The van der Waals surface area contributed by atoms with Crippen LogP contribution in [0.5, 0.6) is 0 Å². The molecule has 1 rings (SSSR count). The quantitative estimate of drug-likeness (QED) is 0.716. The van der Waals surface area contributed by atoms with Gasteiger partial charge in [-0.15, -0.1) is 0 Å². The normalized spacial score (nSPS) is 19.4. The van der Waals surface area contributed by atoms with Gasteiger partial charge in [-0.2, -0.15) is 0 Å². The minimum Gasteiger partial charge on any atom is -0.382 e. The van der Waals surface area contributed by atoms with Gasteiger partial charge in [0.2, 0.25) is 5.91 Å². The fraction of sp³-hybridized carbons (Fsp3) is 0.923. The zero-order valence-corrected chi connectivity index (χ0v) is 11.2. The summed E-state index contributed by atoms with van der Waals surface area (Å²) in [5.41, 5.74) is 5.88. The molecule has 0 radical (unpaired) electrons. The fourth-order valence-electron chi connectivity index (χ4n) is 2.30. The Labute approximate surface area is 104 Å². The van der Waals surface area contributed by atoms with E-state index in [1.807, 2.05) is 11.8 Å². The lowest BCUT2D eigenvalue weighted by Crippen LogP contribution is -2.42. The van der Waals surface area contributed by atoms with Crippen LogP contribution in [-0.2, 0) is 9.53 Å². The second-order valence-electron chi connectivity index (χ2n) is 4.88. The molecule has 0 aliphatic carbocycles. The van der Waals surface area contributed by atoms with Gasteiger partial charge >= 0.3 is 0 Å². The van der Waals surface area contributed by atoms with Gasteiger partial charge in [0.15, 0.2) is 0 Å². The molecule has 0 spiro atoms. The highest BCUT2D eigenvalue weighted by Crippen LogP contribution is 2.20. The first kappa shape index (κ1) is 14.5. The summed E-state index contributed by atoms with van der Waals surface area (Å²) in [7, 11) is 0. The van der Waals surface area contributed by atoms with Gasteiger partial charge in [-0.3, -0.25) is 4.79 Å². The van der Waals surface area contributed by atoms with Crippen molar-refractivity contribution in [2.75, 3.05) is 26.3 Å². The zero-order valence-electron chi connectivity index (χ0n) is 11.2. The molecule has 0 bridgehead atoms. The van der Waals surface area contributed by atoms with E-state index in [1.54, 1.807) is 0 Å². The van der Waals surface area contributed by atoms with E-state index in [-0.39, 0.29) is 11.9 Å². The monoisotopic (exact) mass is 242 g/mol. The van der Waals surface area contributed by atoms with Crippen molar-refractivity contribution in [1.29, 1.82) is 0 Å². The molecule has 2 N–H and O–H groups in total. The second-order valence-corrected chi connectivity index (χ2v) is 4.88. The lowest BCUT2D eigenvalue weighted by atomic mass is 9.91. The van der Waals surface area contributed by atoms with E-state index in [9.17, 15) is 4.79 Å². The maximum Gasteiger partial charge on any atom is 0.222 e. The summed E-state index contributed by atoms with van der Waals surface area (Å²) in [6, 6.07) is 0.255. The molecule has 1 aliphatic heterocycles. The number of ether oxygens (including phenoxy) is 1. The third kappa shape index (κ3) is 5.04. The first-order valence-electron chi connectivity index (χ1n) is 6.76. The molecule has 1 atom stereocenters. The molecule has 1 fully saturated rings. The van der Waals surface area contributed by atoms with Crippen LogP contribution in [0.2, 0.25) is 0 Å². The number of piperidine rings is 1. The molecule has 0 aromatic heterocycles. The van der Waals surface area contributed by atoms with Crippen molar-refractivity contribution in [2.24, 2.45) is 11.7 Å². The van der Waals surface area contributed by atoms with Crippen molar-refractivity contribution in [3.63, 3.8) is 0 Å². The summed E-state index contributed by atoms with van der Waals surface area (Å²) in [6.07, 6.45) is 3.55. The van der Waals surface area contributed by atoms with Gasteiger partial charge in [-0.05, 0) is 39.0 Å². The number of likely N-dealkylation sites (tertiary alicyclic amines) is 1. The van der Waals surface area contributed by atoms with Crippen molar-refractivity contribution in [2.45, 2.75) is 45.6 Å². The topological polar surface area (TPSA) is 55.6 Å². The lowest BCUT2D eigenvalue weighted by Gasteiger charge is -2.33. The predicted molar refractivity (Wildman–Crippen MR) is 68.7 cm³/mol. The zero-order chi connectivity index (χ0) is 12.7. The Balaban J connectivity index is 2.17. The largest absolute Gasteiger partial charge is 0.382 e. The Hall–Kier alpha value is -0.610. The van der Waals surface area contributed by atoms with Crippen LogP contribution in [0.1, 0.15) is 39.5 Å². The fourth-order valence-corrected chi connectivity index (χ4v) is 2.30. The average molecular weight is 242 g/mol. The Morgan fingerprint density at radius 1 is 1.47 bits per heavy atom. The molecule has 1 saturated heterocycles. The molecule has 1 aliphatic rings. The molecule has 0 saturated carbocycles. The van der Waals surface area contributed by atoms with Crippen LogP contribution in [-0.4, -0.2) is 43.2 Å². The molecular formula is C13H26N2O2.